The Labute approximate surface area is 133 Å². The highest BCUT2D eigenvalue weighted by Gasteiger charge is 2.19. The Kier molecular flexibility index (Phi) is 5.27. The van der Waals surface area contributed by atoms with Gasteiger partial charge in [-0.25, -0.2) is 9.78 Å². The van der Waals surface area contributed by atoms with Crippen molar-refractivity contribution in [3.63, 3.8) is 0 Å². The van der Waals surface area contributed by atoms with E-state index in [4.69, 9.17) is 5.11 Å². The molecule has 1 aromatic carbocycles. The standard InChI is InChI=1S/C16H18N2O3S/c1-10-14(16(20)21)22-15(18-10)11(2)17-13(19)9-8-12-6-4-3-5-7-12/h3-7,11H,8-9H2,1-2H3,(H,17,19)(H,20,21)/t11-/m0/s1. The predicted octanol–water partition coefficient (Wildman–Crippen LogP) is 2.96. The maximum atomic E-state index is 12.0. The van der Waals surface area contributed by atoms with Gasteiger partial charge in [-0.2, -0.15) is 0 Å². The summed E-state index contributed by atoms with van der Waals surface area (Å²) in [5.41, 5.74) is 1.60. The van der Waals surface area contributed by atoms with E-state index in [1.165, 1.54) is 0 Å². The fourth-order valence-corrected chi connectivity index (χ4v) is 2.99. The summed E-state index contributed by atoms with van der Waals surface area (Å²) in [6.07, 6.45) is 1.07. The molecule has 0 saturated heterocycles. The zero-order chi connectivity index (χ0) is 16.1. The van der Waals surface area contributed by atoms with Crippen LogP contribution in [0.2, 0.25) is 0 Å². The molecule has 0 aliphatic rings. The number of carbonyl (C=O) groups excluding carboxylic acids is 1. The Hall–Kier alpha value is -2.21. The van der Waals surface area contributed by atoms with E-state index in [1.807, 2.05) is 37.3 Å². The van der Waals surface area contributed by atoms with Crippen LogP contribution in [0.25, 0.3) is 0 Å². The second-order valence-electron chi connectivity index (χ2n) is 5.05. The molecule has 2 rings (SSSR count). The fourth-order valence-electron chi connectivity index (χ4n) is 2.08. The SMILES string of the molecule is Cc1nc([C@H](C)NC(=O)CCc2ccccc2)sc1C(=O)O. The number of carbonyl (C=O) groups is 2. The summed E-state index contributed by atoms with van der Waals surface area (Å²) in [4.78, 5) is 27.4. The number of amides is 1. The minimum Gasteiger partial charge on any atom is -0.477 e. The Bertz CT molecular complexity index is 667. The second-order valence-corrected chi connectivity index (χ2v) is 6.08. The first-order valence-electron chi connectivity index (χ1n) is 7.01. The molecule has 0 bridgehead atoms. The molecule has 2 aromatic rings. The highest BCUT2D eigenvalue weighted by Crippen LogP contribution is 2.23. The highest BCUT2D eigenvalue weighted by molar-refractivity contribution is 7.13. The van der Waals surface area contributed by atoms with E-state index in [1.54, 1.807) is 6.92 Å². The van der Waals surface area contributed by atoms with Crippen LogP contribution in [0.15, 0.2) is 30.3 Å². The topological polar surface area (TPSA) is 79.3 Å². The predicted molar refractivity (Wildman–Crippen MR) is 85.1 cm³/mol. The Balaban J connectivity index is 1.91. The summed E-state index contributed by atoms with van der Waals surface area (Å²) in [7, 11) is 0. The van der Waals surface area contributed by atoms with E-state index in [9.17, 15) is 9.59 Å². The van der Waals surface area contributed by atoms with E-state index in [-0.39, 0.29) is 16.8 Å². The van der Waals surface area contributed by atoms with Gasteiger partial charge < -0.3 is 10.4 Å². The molecule has 0 saturated carbocycles. The summed E-state index contributed by atoms with van der Waals surface area (Å²) >= 11 is 1.11. The zero-order valence-electron chi connectivity index (χ0n) is 12.5. The lowest BCUT2D eigenvalue weighted by atomic mass is 10.1. The lowest BCUT2D eigenvalue weighted by molar-refractivity contribution is -0.121. The van der Waals surface area contributed by atoms with Crippen LogP contribution >= 0.6 is 11.3 Å². The van der Waals surface area contributed by atoms with Crippen LogP contribution in [0.5, 0.6) is 0 Å². The van der Waals surface area contributed by atoms with Gasteiger partial charge in [-0.15, -0.1) is 11.3 Å². The molecule has 1 amide bonds. The van der Waals surface area contributed by atoms with Gasteiger partial charge in [-0.3, -0.25) is 4.79 Å². The molecule has 0 unspecified atom stereocenters. The van der Waals surface area contributed by atoms with Crippen molar-refractivity contribution in [2.45, 2.75) is 32.7 Å². The van der Waals surface area contributed by atoms with Crippen molar-refractivity contribution >= 4 is 23.2 Å². The number of rotatable bonds is 6. The molecule has 1 atom stereocenters. The summed E-state index contributed by atoms with van der Waals surface area (Å²) in [6, 6.07) is 9.51. The van der Waals surface area contributed by atoms with Gasteiger partial charge in [0.05, 0.1) is 11.7 Å². The smallest absolute Gasteiger partial charge is 0.347 e. The number of aryl methyl sites for hydroxylation is 2. The summed E-state index contributed by atoms with van der Waals surface area (Å²) in [5.74, 6) is -1.05. The number of nitrogens with zero attached hydrogens (tertiary/aromatic N) is 1. The third kappa shape index (κ3) is 4.14. The van der Waals surface area contributed by atoms with Gasteiger partial charge in [0.15, 0.2) is 0 Å². The van der Waals surface area contributed by atoms with Crippen molar-refractivity contribution < 1.29 is 14.7 Å². The molecule has 6 heteroatoms. The number of aromatic nitrogens is 1. The minimum atomic E-state index is -0.983. The first-order valence-corrected chi connectivity index (χ1v) is 7.83. The van der Waals surface area contributed by atoms with Crippen LogP contribution in [-0.2, 0) is 11.2 Å². The fraction of sp³-hybridized carbons (Fsp3) is 0.312. The Morgan fingerprint density at radius 2 is 2.00 bits per heavy atom. The number of thiazole rings is 1. The summed E-state index contributed by atoms with van der Waals surface area (Å²) in [5, 5.41) is 12.5. The lowest BCUT2D eigenvalue weighted by Crippen LogP contribution is -2.26. The average molecular weight is 318 g/mol. The number of carboxylic acid groups (broad SMARTS) is 1. The summed E-state index contributed by atoms with van der Waals surface area (Å²) < 4.78 is 0. The molecule has 0 radical (unpaired) electrons. The first kappa shape index (κ1) is 16.2. The van der Waals surface area contributed by atoms with E-state index in [0.29, 0.717) is 23.5 Å². The van der Waals surface area contributed by atoms with E-state index in [0.717, 1.165) is 16.9 Å². The third-order valence-corrected chi connectivity index (χ3v) is 4.57. The van der Waals surface area contributed by atoms with Crippen LogP contribution in [0.1, 0.15) is 45.3 Å². The molecule has 116 valence electrons. The van der Waals surface area contributed by atoms with Crippen LogP contribution in [-0.4, -0.2) is 22.0 Å². The molecule has 1 aromatic heterocycles. The van der Waals surface area contributed by atoms with Crippen molar-refractivity contribution in [2.75, 3.05) is 0 Å². The maximum Gasteiger partial charge on any atom is 0.347 e. The van der Waals surface area contributed by atoms with Crippen LogP contribution < -0.4 is 5.32 Å². The van der Waals surface area contributed by atoms with Crippen LogP contribution in [0.3, 0.4) is 0 Å². The van der Waals surface area contributed by atoms with Crippen LogP contribution in [0, 0.1) is 6.92 Å². The normalized spacial score (nSPS) is 11.9. The molecule has 22 heavy (non-hydrogen) atoms. The third-order valence-electron chi connectivity index (χ3n) is 3.24. The van der Waals surface area contributed by atoms with Crippen molar-refractivity contribution in [3.8, 4) is 0 Å². The van der Waals surface area contributed by atoms with Crippen molar-refractivity contribution in [2.24, 2.45) is 0 Å². The largest absolute Gasteiger partial charge is 0.477 e. The first-order chi connectivity index (χ1) is 10.5. The van der Waals surface area contributed by atoms with Gasteiger partial charge in [0.1, 0.15) is 9.88 Å². The van der Waals surface area contributed by atoms with Gasteiger partial charge in [0.2, 0.25) is 5.91 Å². The Morgan fingerprint density at radius 1 is 1.32 bits per heavy atom. The number of nitrogens with one attached hydrogen (secondary N) is 1. The minimum absolute atomic E-state index is 0.0684. The van der Waals surface area contributed by atoms with Gasteiger partial charge in [0, 0.05) is 6.42 Å². The molecular weight excluding hydrogens is 300 g/mol. The van der Waals surface area contributed by atoms with Crippen molar-refractivity contribution in [3.05, 3.63) is 51.5 Å². The molecular formula is C16H18N2O3S. The van der Waals surface area contributed by atoms with E-state index >= 15 is 0 Å². The maximum absolute atomic E-state index is 12.0. The molecule has 0 fully saturated rings. The van der Waals surface area contributed by atoms with Gasteiger partial charge >= 0.3 is 5.97 Å². The van der Waals surface area contributed by atoms with Crippen LogP contribution in [0.4, 0.5) is 0 Å². The lowest BCUT2D eigenvalue weighted by Gasteiger charge is -2.11. The second kappa shape index (κ2) is 7.17. The molecule has 0 aliphatic carbocycles. The number of carboxylic acids is 1. The molecule has 5 nitrogen and oxygen atoms in total. The van der Waals surface area contributed by atoms with Gasteiger partial charge in [0.25, 0.3) is 0 Å². The molecule has 0 spiro atoms. The van der Waals surface area contributed by atoms with Gasteiger partial charge in [-0.1, -0.05) is 30.3 Å². The highest BCUT2D eigenvalue weighted by atomic mass is 32.1. The molecule has 1 heterocycles. The van der Waals surface area contributed by atoms with E-state index < -0.39 is 5.97 Å². The average Bonchev–Trinajstić information content (AvgIpc) is 2.88. The van der Waals surface area contributed by atoms with Crippen molar-refractivity contribution in [1.29, 1.82) is 0 Å². The van der Waals surface area contributed by atoms with Gasteiger partial charge in [-0.05, 0) is 25.8 Å². The number of hydrogen-bond donors (Lipinski definition) is 2. The monoisotopic (exact) mass is 318 g/mol. The number of aromatic carboxylic acids is 1. The Morgan fingerprint density at radius 3 is 2.59 bits per heavy atom. The zero-order valence-corrected chi connectivity index (χ0v) is 13.3. The molecule has 2 N–H and O–H groups in total. The number of hydrogen-bond acceptors (Lipinski definition) is 4. The quantitative estimate of drug-likeness (QED) is 0.858. The molecule has 0 aliphatic heterocycles. The van der Waals surface area contributed by atoms with E-state index in [2.05, 4.69) is 10.3 Å². The number of benzene rings is 1. The summed E-state index contributed by atoms with van der Waals surface area (Å²) in [6.45, 7) is 3.47. The van der Waals surface area contributed by atoms with Crippen molar-refractivity contribution in [1.82, 2.24) is 10.3 Å².